The summed E-state index contributed by atoms with van der Waals surface area (Å²) in [5, 5.41) is 16.5. The van der Waals surface area contributed by atoms with Gasteiger partial charge in [0.15, 0.2) is 5.13 Å². The number of nitrogens with one attached hydrogen (secondary N) is 1. The molecule has 0 radical (unpaired) electrons. The summed E-state index contributed by atoms with van der Waals surface area (Å²) in [6.45, 7) is 4.21. The maximum Gasteiger partial charge on any atom is 0.183 e. The number of carboxylic acids is 1. The summed E-state index contributed by atoms with van der Waals surface area (Å²) in [6.07, 6.45) is 1.62. The molecule has 0 aliphatic carbocycles. The Morgan fingerprint density at radius 2 is 2.44 bits per heavy atom. The third-order valence-corrected chi connectivity index (χ3v) is 4.04. The lowest BCUT2D eigenvalue weighted by atomic mass is 10.2. The van der Waals surface area contributed by atoms with E-state index in [2.05, 4.69) is 16.9 Å². The van der Waals surface area contributed by atoms with Gasteiger partial charge in [-0.2, -0.15) is 0 Å². The van der Waals surface area contributed by atoms with Gasteiger partial charge in [-0.1, -0.05) is 12.1 Å². The fourth-order valence-corrected chi connectivity index (χ4v) is 3.22. The monoisotopic (exact) mass is 279 g/mol. The molecule has 0 saturated heterocycles. The Hall–Kier alpha value is -1.66. The van der Waals surface area contributed by atoms with Crippen molar-refractivity contribution in [2.75, 3.05) is 11.9 Å². The number of carboxylic acid groups (broad SMARTS) is 1. The van der Waals surface area contributed by atoms with Gasteiger partial charge in [0.2, 0.25) is 0 Å². The van der Waals surface area contributed by atoms with Gasteiger partial charge in [-0.15, -0.1) is 29.3 Å². The van der Waals surface area contributed by atoms with E-state index >= 15 is 0 Å². The minimum Gasteiger partial charge on any atom is -0.550 e. The van der Waals surface area contributed by atoms with Crippen molar-refractivity contribution >= 4 is 33.8 Å². The van der Waals surface area contributed by atoms with Crippen molar-refractivity contribution in [1.29, 1.82) is 0 Å². The molecule has 2 aromatic rings. The zero-order valence-electron chi connectivity index (χ0n) is 9.51. The number of aliphatic carboxylic acids is 1. The van der Waals surface area contributed by atoms with Crippen LogP contribution in [0.3, 0.4) is 0 Å². The first-order chi connectivity index (χ1) is 8.70. The zero-order valence-corrected chi connectivity index (χ0v) is 11.1. The highest BCUT2D eigenvalue weighted by molar-refractivity contribution is 7.17. The Balaban J connectivity index is 2.32. The molecule has 0 atom stereocenters. The van der Waals surface area contributed by atoms with Crippen LogP contribution in [-0.2, 0) is 11.2 Å². The lowest BCUT2D eigenvalue weighted by molar-refractivity contribution is -0.304. The zero-order chi connectivity index (χ0) is 13.0. The Morgan fingerprint density at radius 3 is 3.06 bits per heavy atom. The third kappa shape index (κ3) is 2.96. The summed E-state index contributed by atoms with van der Waals surface area (Å²) in [6, 6.07) is 3.84. The van der Waals surface area contributed by atoms with Crippen LogP contribution in [0.4, 0.5) is 5.13 Å². The van der Waals surface area contributed by atoms with Crippen molar-refractivity contribution in [3.05, 3.63) is 35.0 Å². The highest BCUT2D eigenvalue weighted by Crippen LogP contribution is 2.33. The molecule has 0 aliphatic rings. The first-order valence-electron chi connectivity index (χ1n) is 5.29. The second kappa shape index (κ2) is 5.79. The third-order valence-electron chi connectivity index (χ3n) is 2.15. The molecule has 0 fully saturated rings. The highest BCUT2D eigenvalue weighted by Gasteiger charge is 2.13. The van der Waals surface area contributed by atoms with Gasteiger partial charge in [0.1, 0.15) is 0 Å². The fraction of sp³-hybridized carbons (Fsp3) is 0.167. The van der Waals surface area contributed by atoms with Gasteiger partial charge in [0, 0.05) is 23.8 Å². The number of aromatic nitrogens is 1. The average Bonchev–Trinajstić information content (AvgIpc) is 2.94. The molecule has 2 heterocycles. The molecule has 0 bridgehead atoms. The van der Waals surface area contributed by atoms with Crippen molar-refractivity contribution in [3.63, 3.8) is 0 Å². The smallest absolute Gasteiger partial charge is 0.183 e. The molecule has 0 spiro atoms. The second-order valence-electron chi connectivity index (χ2n) is 3.49. The van der Waals surface area contributed by atoms with E-state index in [0.29, 0.717) is 16.6 Å². The number of carbonyl (C=O) groups excluding carboxylic acids is 1. The summed E-state index contributed by atoms with van der Waals surface area (Å²) in [5.74, 6) is -1.09. The summed E-state index contributed by atoms with van der Waals surface area (Å²) in [7, 11) is 0. The quantitative estimate of drug-likeness (QED) is 0.818. The summed E-state index contributed by atoms with van der Waals surface area (Å²) < 4.78 is 0. The number of carbonyl (C=O) groups is 1. The summed E-state index contributed by atoms with van der Waals surface area (Å²) in [4.78, 5) is 16.8. The van der Waals surface area contributed by atoms with Crippen LogP contribution >= 0.6 is 22.7 Å². The van der Waals surface area contributed by atoms with E-state index in [9.17, 15) is 9.90 Å². The number of thiophene rings is 1. The Kier molecular flexibility index (Phi) is 4.11. The molecular weight excluding hydrogens is 268 g/mol. The fourth-order valence-electron chi connectivity index (χ4n) is 1.44. The van der Waals surface area contributed by atoms with E-state index in [1.54, 1.807) is 6.08 Å². The molecule has 6 heteroatoms. The maximum atomic E-state index is 10.7. The van der Waals surface area contributed by atoms with E-state index in [4.69, 9.17) is 0 Å². The Morgan fingerprint density at radius 1 is 1.61 bits per heavy atom. The van der Waals surface area contributed by atoms with Gasteiger partial charge >= 0.3 is 0 Å². The molecular formula is C12H11N2O2S2-. The summed E-state index contributed by atoms with van der Waals surface area (Å²) in [5.41, 5.74) is 0.728. The Labute approximate surface area is 113 Å². The predicted octanol–water partition coefficient (Wildman–Crippen LogP) is 1.76. The number of hydrogen-bond donors (Lipinski definition) is 1. The molecule has 0 aromatic carbocycles. The first kappa shape index (κ1) is 12.8. The largest absolute Gasteiger partial charge is 0.550 e. The van der Waals surface area contributed by atoms with Gasteiger partial charge in [-0.3, -0.25) is 0 Å². The topological polar surface area (TPSA) is 65.0 Å². The number of hydrogen-bond acceptors (Lipinski definition) is 6. The summed E-state index contributed by atoms with van der Waals surface area (Å²) >= 11 is 2.88. The lowest BCUT2D eigenvalue weighted by Crippen LogP contribution is -2.24. The Bertz CT molecular complexity index is 546. The predicted molar refractivity (Wildman–Crippen MR) is 72.8 cm³/mol. The molecule has 1 N–H and O–H groups in total. The average molecular weight is 279 g/mol. The molecule has 0 aliphatic heterocycles. The van der Waals surface area contributed by atoms with Crippen LogP contribution in [0.1, 0.15) is 4.88 Å². The normalized spacial score (nSPS) is 10.2. The first-order valence-corrected chi connectivity index (χ1v) is 6.98. The van der Waals surface area contributed by atoms with Crippen LogP contribution < -0.4 is 10.4 Å². The van der Waals surface area contributed by atoms with E-state index in [0.717, 1.165) is 10.6 Å². The molecule has 0 saturated carbocycles. The number of rotatable bonds is 6. The van der Waals surface area contributed by atoms with Gasteiger partial charge in [-0.05, 0) is 11.4 Å². The van der Waals surface area contributed by atoms with E-state index in [1.165, 1.54) is 22.7 Å². The van der Waals surface area contributed by atoms with E-state index < -0.39 is 5.97 Å². The lowest BCUT2D eigenvalue weighted by Gasteiger charge is -2.00. The van der Waals surface area contributed by atoms with Crippen LogP contribution in [0.5, 0.6) is 0 Å². The van der Waals surface area contributed by atoms with Crippen LogP contribution in [-0.4, -0.2) is 17.5 Å². The minimum absolute atomic E-state index is 0.110. The number of anilines is 1. The molecule has 94 valence electrons. The number of thiazole rings is 1. The van der Waals surface area contributed by atoms with Gasteiger partial charge in [0.25, 0.3) is 0 Å². The standard InChI is InChI=1S/C12H12N2O2S2/c1-2-5-13-12-14-11(8-4-3-6-17-8)9(18-12)7-10(15)16/h2-4,6H,1,5,7H2,(H,13,14)(H,15,16)/p-1. The molecule has 4 nitrogen and oxygen atoms in total. The van der Waals surface area contributed by atoms with Gasteiger partial charge in [0.05, 0.1) is 10.6 Å². The van der Waals surface area contributed by atoms with Gasteiger partial charge < -0.3 is 15.2 Å². The highest BCUT2D eigenvalue weighted by atomic mass is 32.1. The van der Waals surface area contributed by atoms with Crippen molar-refractivity contribution in [1.82, 2.24) is 4.98 Å². The van der Waals surface area contributed by atoms with Crippen LogP contribution in [0.15, 0.2) is 30.2 Å². The minimum atomic E-state index is -1.09. The van der Waals surface area contributed by atoms with Crippen molar-refractivity contribution in [2.24, 2.45) is 0 Å². The van der Waals surface area contributed by atoms with Crippen molar-refractivity contribution < 1.29 is 9.90 Å². The van der Waals surface area contributed by atoms with E-state index in [-0.39, 0.29) is 6.42 Å². The molecule has 0 unspecified atom stereocenters. The molecule has 2 aromatic heterocycles. The van der Waals surface area contributed by atoms with Crippen molar-refractivity contribution in [2.45, 2.75) is 6.42 Å². The maximum absolute atomic E-state index is 10.7. The second-order valence-corrected chi connectivity index (χ2v) is 5.52. The molecule has 2 rings (SSSR count). The molecule has 18 heavy (non-hydrogen) atoms. The molecule has 0 amide bonds. The van der Waals surface area contributed by atoms with Crippen molar-refractivity contribution in [3.8, 4) is 10.6 Å². The van der Waals surface area contributed by atoms with E-state index in [1.807, 2.05) is 17.5 Å². The van der Waals surface area contributed by atoms with Crippen LogP contribution in [0, 0.1) is 0 Å². The SMILES string of the molecule is C=CCNc1nc(-c2cccs2)c(CC(=O)[O-])s1. The van der Waals surface area contributed by atoms with Crippen LogP contribution in [0.2, 0.25) is 0 Å². The van der Waals surface area contributed by atoms with Crippen LogP contribution in [0.25, 0.3) is 10.6 Å². The van der Waals surface area contributed by atoms with Gasteiger partial charge in [-0.25, -0.2) is 4.98 Å². The number of nitrogens with zero attached hydrogens (tertiary/aromatic N) is 1.